The summed E-state index contributed by atoms with van der Waals surface area (Å²) >= 11 is 0. The van der Waals surface area contributed by atoms with Crippen LogP contribution in [0.1, 0.15) is 11.1 Å². The number of carbonyl (C=O) groups is 1. The van der Waals surface area contributed by atoms with Crippen molar-refractivity contribution < 1.29 is 9.53 Å². The average molecular weight is 430 g/mol. The third-order valence-electron chi connectivity index (χ3n) is 5.20. The molecule has 0 unspecified atom stereocenters. The molecule has 0 saturated carbocycles. The van der Waals surface area contributed by atoms with Gasteiger partial charge in [-0.1, -0.05) is 12.1 Å². The van der Waals surface area contributed by atoms with Crippen LogP contribution >= 0.6 is 0 Å². The Morgan fingerprint density at radius 2 is 1.81 bits per heavy atom. The quantitative estimate of drug-likeness (QED) is 0.525. The molecule has 0 aliphatic carbocycles. The molecule has 32 heavy (non-hydrogen) atoms. The van der Waals surface area contributed by atoms with Crippen molar-refractivity contribution in [2.75, 3.05) is 12.4 Å². The Bertz CT molecular complexity index is 1440. The number of benzene rings is 2. The van der Waals surface area contributed by atoms with Crippen LogP contribution < -0.4 is 21.3 Å². The number of amides is 1. The van der Waals surface area contributed by atoms with Crippen molar-refractivity contribution in [1.29, 1.82) is 0 Å². The van der Waals surface area contributed by atoms with Crippen molar-refractivity contribution in [2.45, 2.75) is 20.4 Å². The van der Waals surface area contributed by atoms with Crippen LogP contribution in [-0.2, 0) is 11.3 Å². The van der Waals surface area contributed by atoms with Gasteiger partial charge in [-0.2, -0.15) is 0 Å². The Morgan fingerprint density at radius 1 is 1.06 bits per heavy atom. The topological polar surface area (TPSA) is 95.2 Å². The number of hydrogen-bond acceptors (Lipinski definition) is 5. The molecule has 0 spiro atoms. The largest absolute Gasteiger partial charge is 0.497 e. The highest BCUT2D eigenvalue weighted by atomic mass is 16.5. The lowest BCUT2D eigenvalue weighted by atomic mass is 10.1. The van der Waals surface area contributed by atoms with Gasteiger partial charge in [0.05, 0.1) is 18.2 Å². The second kappa shape index (κ2) is 8.50. The molecule has 2 aromatic carbocycles. The molecule has 2 heterocycles. The Hall–Kier alpha value is -4.20. The van der Waals surface area contributed by atoms with Crippen LogP contribution in [-0.4, -0.2) is 27.1 Å². The van der Waals surface area contributed by atoms with E-state index >= 15 is 0 Å². The molecule has 8 heteroatoms. The van der Waals surface area contributed by atoms with E-state index in [2.05, 4.69) is 10.3 Å². The number of carbonyl (C=O) groups excluding carboxylic acids is 1. The van der Waals surface area contributed by atoms with Gasteiger partial charge >= 0.3 is 5.69 Å². The van der Waals surface area contributed by atoms with Crippen LogP contribution in [0.15, 0.2) is 70.4 Å². The number of nitrogens with one attached hydrogen (secondary N) is 1. The zero-order chi connectivity index (χ0) is 22.8. The van der Waals surface area contributed by atoms with Gasteiger partial charge in [0.2, 0.25) is 5.91 Å². The predicted molar refractivity (Wildman–Crippen MR) is 123 cm³/mol. The van der Waals surface area contributed by atoms with Crippen LogP contribution in [0.5, 0.6) is 5.75 Å². The Labute approximate surface area is 183 Å². The third-order valence-corrected chi connectivity index (χ3v) is 5.20. The minimum atomic E-state index is -0.650. The highest BCUT2D eigenvalue weighted by Crippen LogP contribution is 2.17. The summed E-state index contributed by atoms with van der Waals surface area (Å²) in [5.41, 5.74) is 2.01. The second-order valence-corrected chi connectivity index (χ2v) is 7.45. The van der Waals surface area contributed by atoms with E-state index in [-0.39, 0.29) is 11.0 Å². The summed E-state index contributed by atoms with van der Waals surface area (Å²) in [5.74, 6) is 0.155. The Balaban J connectivity index is 1.81. The number of nitrogens with zero attached hydrogens (tertiary/aromatic N) is 3. The van der Waals surface area contributed by atoms with Crippen molar-refractivity contribution in [2.24, 2.45) is 0 Å². The van der Waals surface area contributed by atoms with E-state index in [1.54, 1.807) is 43.5 Å². The maximum absolute atomic E-state index is 13.3. The molecule has 0 fully saturated rings. The molecule has 0 saturated heterocycles. The highest BCUT2D eigenvalue weighted by Gasteiger charge is 2.18. The second-order valence-electron chi connectivity index (χ2n) is 7.45. The van der Waals surface area contributed by atoms with E-state index in [9.17, 15) is 14.4 Å². The maximum Gasteiger partial charge on any atom is 0.337 e. The van der Waals surface area contributed by atoms with Gasteiger partial charge in [0, 0.05) is 11.9 Å². The molecule has 0 bridgehead atoms. The number of methoxy groups -OCH3 is 1. The van der Waals surface area contributed by atoms with Gasteiger partial charge in [-0.3, -0.25) is 9.59 Å². The monoisotopic (exact) mass is 430 g/mol. The summed E-state index contributed by atoms with van der Waals surface area (Å²) in [6.07, 6.45) is 1.51. The average Bonchev–Trinajstić information content (AvgIpc) is 2.79. The first-order chi connectivity index (χ1) is 15.4. The fraction of sp³-hybridized carbons (Fsp3) is 0.167. The van der Waals surface area contributed by atoms with E-state index in [4.69, 9.17) is 4.74 Å². The number of hydrogen-bond donors (Lipinski definition) is 1. The minimum Gasteiger partial charge on any atom is -0.497 e. The first kappa shape index (κ1) is 21.0. The van der Waals surface area contributed by atoms with E-state index in [0.29, 0.717) is 17.1 Å². The first-order valence-corrected chi connectivity index (χ1v) is 10.0. The lowest BCUT2D eigenvalue weighted by Crippen LogP contribution is -2.42. The fourth-order valence-electron chi connectivity index (χ4n) is 3.49. The van der Waals surface area contributed by atoms with Crippen molar-refractivity contribution in [1.82, 2.24) is 14.1 Å². The fourth-order valence-corrected chi connectivity index (χ4v) is 3.49. The van der Waals surface area contributed by atoms with E-state index < -0.39 is 23.7 Å². The van der Waals surface area contributed by atoms with E-state index in [1.165, 1.54) is 10.8 Å². The van der Waals surface area contributed by atoms with Gasteiger partial charge in [0.1, 0.15) is 12.3 Å². The first-order valence-electron chi connectivity index (χ1n) is 10.0. The highest BCUT2D eigenvalue weighted by molar-refractivity contribution is 5.91. The molecule has 8 nitrogen and oxygen atoms in total. The van der Waals surface area contributed by atoms with E-state index in [1.807, 2.05) is 32.0 Å². The third kappa shape index (κ3) is 3.90. The molecular weight excluding hydrogens is 408 g/mol. The van der Waals surface area contributed by atoms with Gasteiger partial charge in [-0.25, -0.2) is 18.9 Å². The number of aromatic nitrogens is 3. The van der Waals surface area contributed by atoms with Crippen LogP contribution in [0.3, 0.4) is 0 Å². The molecule has 0 radical (unpaired) electrons. The lowest BCUT2D eigenvalue weighted by Gasteiger charge is -2.14. The van der Waals surface area contributed by atoms with E-state index in [0.717, 1.165) is 15.7 Å². The summed E-state index contributed by atoms with van der Waals surface area (Å²) < 4.78 is 7.43. The summed E-state index contributed by atoms with van der Waals surface area (Å²) in [4.78, 5) is 43.4. The smallest absolute Gasteiger partial charge is 0.337 e. The lowest BCUT2D eigenvalue weighted by molar-refractivity contribution is -0.116. The van der Waals surface area contributed by atoms with Crippen LogP contribution in [0, 0.1) is 13.8 Å². The number of pyridine rings is 1. The normalized spacial score (nSPS) is 10.8. The number of rotatable bonds is 5. The summed E-state index contributed by atoms with van der Waals surface area (Å²) in [6.45, 7) is 3.37. The molecule has 0 atom stereocenters. The molecule has 4 aromatic rings. The van der Waals surface area contributed by atoms with Gasteiger partial charge in [-0.05, 0) is 67.4 Å². The number of aryl methyl sites for hydroxylation is 2. The number of ether oxygens (including phenoxy) is 1. The number of fused-ring (bicyclic) bond motifs is 1. The van der Waals surface area contributed by atoms with Crippen LogP contribution in [0.4, 0.5) is 5.69 Å². The molecule has 0 aliphatic rings. The van der Waals surface area contributed by atoms with Gasteiger partial charge in [-0.15, -0.1) is 0 Å². The summed E-state index contributed by atoms with van der Waals surface area (Å²) in [6, 6.07) is 15.7. The van der Waals surface area contributed by atoms with Crippen molar-refractivity contribution in [3.05, 3.63) is 92.8 Å². The van der Waals surface area contributed by atoms with Crippen LogP contribution in [0.2, 0.25) is 0 Å². The molecule has 4 rings (SSSR count). The summed E-state index contributed by atoms with van der Waals surface area (Å²) in [5, 5.41) is 3.04. The minimum absolute atomic E-state index is 0.221. The molecular formula is C24H22N4O4. The summed E-state index contributed by atoms with van der Waals surface area (Å²) in [7, 11) is 1.55. The molecule has 1 N–H and O–H groups in total. The Morgan fingerprint density at radius 3 is 2.53 bits per heavy atom. The SMILES string of the molecule is COc1ccc(-n2c(=O)n(CC(=O)Nc3cc(C)ccc3C)c(=O)c3cccnc32)cc1. The number of anilines is 1. The van der Waals surface area contributed by atoms with Gasteiger partial charge in [0.25, 0.3) is 5.56 Å². The zero-order valence-corrected chi connectivity index (χ0v) is 18.0. The van der Waals surface area contributed by atoms with Crippen molar-refractivity contribution in [3.8, 4) is 11.4 Å². The predicted octanol–water partition coefficient (Wildman–Crippen LogP) is 2.81. The standard InChI is InChI=1S/C24H22N4O4/c1-15-6-7-16(2)20(13-15)26-21(29)14-27-23(30)19-5-4-12-25-22(19)28(24(27)31)17-8-10-18(32-3)11-9-17/h4-13H,14H2,1-3H3,(H,26,29). The van der Waals surface area contributed by atoms with Gasteiger partial charge in [0.15, 0.2) is 5.65 Å². The van der Waals surface area contributed by atoms with Gasteiger partial charge < -0.3 is 10.1 Å². The van der Waals surface area contributed by atoms with Crippen molar-refractivity contribution in [3.63, 3.8) is 0 Å². The maximum atomic E-state index is 13.3. The zero-order valence-electron chi connectivity index (χ0n) is 18.0. The Kier molecular flexibility index (Phi) is 5.59. The van der Waals surface area contributed by atoms with Crippen LogP contribution in [0.25, 0.3) is 16.7 Å². The molecule has 0 aliphatic heterocycles. The molecule has 162 valence electrons. The molecule has 2 aromatic heterocycles. The molecule has 1 amide bonds. The van der Waals surface area contributed by atoms with Crippen molar-refractivity contribution >= 4 is 22.6 Å².